The van der Waals surface area contributed by atoms with Crippen LogP contribution in [0.1, 0.15) is 6.92 Å². The maximum Gasteiger partial charge on any atom is 0.230 e. The quantitative estimate of drug-likeness (QED) is 0.840. The smallest absolute Gasteiger partial charge is 0.230 e. The first-order chi connectivity index (χ1) is 9.46. The standard InChI is InChI=1S/C13H16FN3O2S/c1-11(10-15)20(18,19)17-8-6-16(7-9-17)13-5-3-2-4-12(13)14/h2-5,11H,6-9H2,1H3. The Bertz CT molecular complexity index is 619. The number of nitrogens with zero attached hydrogens (tertiary/aromatic N) is 3. The predicted molar refractivity (Wildman–Crippen MR) is 74.2 cm³/mol. The Kier molecular flexibility index (Phi) is 4.26. The van der Waals surface area contributed by atoms with Crippen molar-refractivity contribution < 1.29 is 12.8 Å². The van der Waals surface area contributed by atoms with E-state index in [0.717, 1.165) is 0 Å². The summed E-state index contributed by atoms with van der Waals surface area (Å²) in [6.07, 6.45) is 0. The van der Waals surface area contributed by atoms with Gasteiger partial charge in [-0.25, -0.2) is 12.8 Å². The van der Waals surface area contributed by atoms with E-state index < -0.39 is 15.3 Å². The summed E-state index contributed by atoms with van der Waals surface area (Å²) in [5.41, 5.74) is 0.484. The van der Waals surface area contributed by atoms with Gasteiger partial charge < -0.3 is 4.90 Å². The third kappa shape index (κ3) is 2.76. The van der Waals surface area contributed by atoms with Crippen LogP contribution in [0, 0.1) is 17.1 Å². The maximum absolute atomic E-state index is 13.7. The van der Waals surface area contributed by atoms with Crippen molar-refractivity contribution in [3.8, 4) is 6.07 Å². The number of para-hydroxylation sites is 1. The summed E-state index contributed by atoms with van der Waals surface area (Å²) in [6, 6.07) is 8.18. The zero-order valence-electron chi connectivity index (χ0n) is 11.2. The van der Waals surface area contributed by atoms with Crippen molar-refractivity contribution in [2.45, 2.75) is 12.2 Å². The molecule has 0 bridgehead atoms. The number of nitriles is 1. The van der Waals surface area contributed by atoms with Crippen LogP contribution in [-0.2, 0) is 10.0 Å². The third-order valence-electron chi connectivity index (χ3n) is 3.42. The van der Waals surface area contributed by atoms with Gasteiger partial charge in [0.1, 0.15) is 5.82 Å². The number of hydrogen-bond acceptors (Lipinski definition) is 4. The molecule has 0 saturated carbocycles. The lowest BCUT2D eigenvalue weighted by molar-refractivity contribution is 0.381. The molecule has 0 N–H and O–H groups in total. The fourth-order valence-corrected chi connectivity index (χ4v) is 3.43. The van der Waals surface area contributed by atoms with Gasteiger partial charge >= 0.3 is 0 Å². The molecule has 0 amide bonds. The minimum Gasteiger partial charge on any atom is -0.367 e. The second-order valence-electron chi connectivity index (χ2n) is 4.65. The van der Waals surface area contributed by atoms with Crippen molar-refractivity contribution in [1.29, 1.82) is 5.26 Å². The molecule has 1 aromatic rings. The second kappa shape index (κ2) is 5.77. The highest BCUT2D eigenvalue weighted by Crippen LogP contribution is 2.21. The molecule has 0 radical (unpaired) electrons. The fourth-order valence-electron chi connectivity index (χ4n) is 2.18. The fraction of sp³-hybridized carbons (Fsp3) is 0.462. The van der Waals surface area contributed by atoms with E-state index >= 15 is 0 Å². The van der Waals surface area contributed by atoms with Crippen molar-refractivity contribution in [2.24, 2.45) is 0 Å². The van der Waals surface area contributed by atoms with E-state index in [1.807, 2.05) is 4.90 Å². The van der Waals surface area contributed by atoms with Gasteiger partial charge in [-0.2, -0.15) is 9.57 Å². The first-order valence-corrected chi connectivity index (χ1v) is 7.85. The molecule has 1 atom stereocenters. The number of piperazine rings is 1. The molecule has 2 rings (SSSR count). The Morgan fingerprint density at radius 2 is 1.85 bits per heavy atom. The Hall–Kier alpha value is -1.65. The van der Waals surface area contributed by atoms with E-state index in [0.29, 0.717) is 18.8 Å². The summed E-state index contributed by atoms with van der Waals surface area (Å²) in [5, 5.41) is 7.70. The van der Waals surface area contributed by atoms with Crippen LogP contribution < -0.4 is 4.90 Å². The van der Waals surface area contributed by atoms with Crippen molar-refractivity contribution in [2.75, 3.05) is 31.1 Å². The molecule has 7 heteroatoms. The van der Waals surface area contributed by atoms with Gasteiger partial charge in [0.25, 0.3) is 0 Å². The molecule has 1 aromatic carbocycles. The van der Waals surface area contributed by atoms with E-state index in [1.54, 1.807) is 24.3 Å². The zero-order valence-corrected chi connectivity index (χ0v) is 12.0. The van der Waals surface area contributed by atoms with Gasteiger partial charge in [-0.1, -0.05) is 12.1 Å². The number of sulfonamides is 1. The summed E-state index contributed by atoms with van der Waals surface area (Å²) < 4.78 is 39.1. The van der Waals surface area contributed by atoms with Crippen LogP contribution in [0.4, 0.5) is 10.1 Å². The molecule has 1 saturated heterocycles. The highest BCUT2D eigenvalue weighted by Gasteiger charge is 2.31. The molecular weight excluding hydrogens is 281 g/mol. The van der Waals surface area contributed by atoms with Crippen molar-refractivity contribution in [1.82, 2.24) is 4.31 Å². The molecule has 1 fully saturated rings. The average Bonchev–Trinajstić information content (AvgIpc) is 2.47. The molecule has 0 spiro atoms. The molecular formula is C13H16FN3O2S. The van der Waals surface area contributed by atoms with Gasteiger partial charge in [0.15, 0.2) is 5.25 Å². The summed E-state index contributed by atoms with van der Waals surface area (Å²) in [4.78, 5) is 1.82. The molecule has 1 unspecified atom stereocenters. The molecule has 0 aliphatic carbocycles. The maximum atomic E-state index is 13.7. The van der Waals surface area contributed by atoms with Crippen LogP contribution in [0.15, 0.2) is 24.3 Å². The Morgan fingerprint density at radius 1 is 1.25 bits per heavy atom. The van der Waals surface area contributed by atoms with Crippen LogP contribution in [0.3, 0.4) is 0 Å². The van der Waals surface area contributed by atoms with Crippen LogP contribution >= 0.6 is 0 Å². The largest absolute Gasteiger partial charge is 0.367 e. The van der Waals surface area contributed by atoms with Gasteiger partial charge in [-0.05, 0) is 19.1 Å². The number of halogens is 1. The van der Waals surface area contributed by atoms with E-state index in [2.05, 4.69) is 0 Å². The Labute approximate surface area is 118 Å². The van der Waals surface area contributed by atoms with Crippen LogP contribution in [-0.4, -0.2) is 44.2 Å². The number of benzene rings is 1. The Morgan fingerprint density at radius 3 is 2.40 bits per heavy atom. The van der Waals surface area contributed by atoms with Crippen LogP contribution in [0.2, 0.25) is 0 Å². The number of rotatable bonds is 3. The van der Waals surface area contributed by atoms with E-state index in [-0.39, 0.29) is 18.9 Å². The summed E-state index contributed by atoms with van der Waals surface area (Å²) in [5.74, 6) is -0.311. The lowest BCUT2D eigenvalue weighted by atomic mass is 10.2. The highest BCUT2D eigenvalue weighted by molar-refractivity contribution is 7.89. The average molecular weight is 297 g/mol. The number of hydrogen-bond donors (Lipinski definition) is 0. The van der Waals surface area contributed by atoms with Crippen LogP contribution in [0.25, 0.3) is 0 Å². The minimum atomic E-state index is -3.58. The second-order valence-corrected chi connectivity index (χ2v) is 6.91. The molecule has 1 heterocycles. The van der Waals surface area contributed by atoms with E-state index in [4.69, 9.17) is 5.26 Å². The van der Waals surface area contributed by atoms with Crippen LogP contribution in [0.5, 0.6) is 0 Å². The minimum absolute atomic E-state index is 0.267. The van der Waals surface area contributed by atoms with Gasteiger partial charge in [-0.15, -0.1) is 0 Å². The molecule has 1 aliphatic heterocycles. The predicted octanol–water partition coefficient (Wildman–Crippen LogP) is 1.19. The van der Waals surface area contributed by atoms with Gasteiger partial charge in [0, 0.05) is 26.2 Å². The third-order valence-corrected chi connectivity index (χ3v) is 5.50. The zero-order chi connectivity index (χ0) is 14.8. The molecule has 20 heavy (non-hydrogen) atoms. The summed E-state index contributed by atoms with van der Waals surface area (Å²) in [6.45, 7) is 2.74. The van der Waals surface area contributed by atoms with E-state index in [1.165, 1.54) is 17.3 Å². The first kappa shape index (κ1) is 14.8. The molecule has 5 nitrogen and oxygen atoms in total. The van der Waals surface area contributed by atoms with Crippen molar-refractivity contribution >= 4 is 15.7 Å². The number of anilines is 1. The van der Waals surface area contributed by atoms with Gasteiger partial charge in [-0.3, -0.25) is 0 Å². The molecule has 108 valence electrons. The normalized spacial score (nSPS) is 18.6. The first-order valence-electron chi connectivity index (χ1n) is 6.35. The summed E-state index contributed by atoms with van der Waals surface area (Å²) in [7, 11) is -3.58. The highest BCUT2D eigenvalue weighted by atomic mass is 32.2. The van der Waals surface area contributed by atoms with Crippen molar-refractivity contribution in [3.63, 3.8) is 0 Å². The summed E-state index contributed by atoms with van der Waals surface area (Å²) >= 11 is 0. The topological polar surface area (TPSA) is 64.4 Å². The van der Waals surface area contributed by atoms with Gasteiger partial charge in [0.05, 0.1) is 11.8 Å². The van der Waals surface area contributed by atoms with E-state index in [9.17, 15) is 12.8 Å². The van der Waals surface area contributed by atoms with Gasteiger partial charge in [0.2, 0.25) is 10.0 Å². The SMILES string of the molecule is CC(C#N)S(=O)(=O)N1CCN(c2ccccc2F)CC1. The molecule has 0 aromatic heterocycles. The lowest BCUT2D eigenvalue weighted by Gasteiger charge is -2.35. The molecule has 1 aliphatic rings. The Balaban J connectivity index is 2.07. The van der Waals surface area contributed by atoms with Crippen molar-refractivity contribution in [3.05, 3.63) is 30.1 Å². The lowest BCUT2D eigenvalue weighted by Crippen LogP contribution is -2.50. The monoisotopic (exact) mass is 297 g/mol.